The predicted octanol–water partition coefficient (Wildman–Crippen LogP) is 4.07. The fraction of sp³-hybridized carbons (Fsp3) is 0.375. The molecule has 0 amide bonds. The molecule has 2 rings (SSSR count). The molecule has 0 aromatic carbocycles. The van der Waals surface area contributed by atoms with E-state index in [9.17, 15) is 9.59 Å². The van der Waals surface area contributed by atoms with Crippen molar-refractivity contribution in [1.29, 1.82) is 0 Å². The molecule has 1 N–H and O–H groups in total. The third-order valence-electron chi connectivity index (χ3n) is 3.02. The average molecular weight is 305 g/mol. The van der Waals surface area contributed by atoms with Gasteiger partial charge in [0.05, 0.1) is 5.69 Å². The fourth-order valence-electron chi connectivity index (χ4n) is 2.24. The monoisotopic (exact) mass is 305 g/mol. The maximum absolute atomic E-state index is 12.3. The lowest BCUT2D eigenvalue weighted by molar-refractivity contribution is 0.00624. The number of carbonyl (C=O) groups is 2. The van der Waals surface area contributed by atoms with Crippen LogP contribution in [0.25, 0.3) is 11.1 Å². The molecular weight excluding hydrogens is 286 g/mol. The van der Waals surface area contributed by atoms with Crippen LogP contribution in [0.5, 0.6) is 0 Å². The van der Waals surface area contributed by atoms with Crippen molar-refractivity contribution in [2.75, 3.05) is 0 Å². The second kappa shape index (κ2) is 5.85. The van der Waals surface area contributed by atoms with E-state index in [1.165, 1.54) is 0 Å². The van der Waals surface area contributed by atoms with Crippen LogP contribution in [0.1, 0.15) is 54.2 Å². The molecule has 0 bridgehead atoms. The Morgan fingerprint density at radius 1 is 1.43 bits per heavy atom. The van der Waals surface area contributed by atoms with Gasteiger partial charge in [-0.3, -0.25) is 4.79 Å². The highest BCUT2D eigenvalue weighted by atomic mass is 32.1. The van der Waals surface area contributed by atoms with E-state index in [-0.39, 0.29) is 0 Å². The lowest BCUT2D eigenvalue weighted by atomic mass is 10.0. The average Bonchev–Trinajstić information content (AvgIpc) is 3.02. The minimum absolute atomic E-state index is 0.371. The first-order valence-corrected chi connectivity index (χ1v) is 7.77. The number of hydrogen-bond donors (Lipinski definition) is 1. The Balaban J connectivity index is 2.53. The quantitative estimate of drug-likeness (QED) is 0.684. The van der Waals surface area contributed by atoms with Gasteiger partial charge in [-0.2, -0.15) is 11.3 Å². The number of ether oxygens (including phenoxy) is 1. The summed E-state index contributed by atoms with van der Waals surface area (Å²) in [6, 6.07) is 1.94. The number of hydrogen-bond acceptors (Lipinski definition) is 4. The SMILES string of the molecule is CCc1c(C(=O)OC(C)(C)C)[nH]c(C=O)c1-c1ccsc1. The first-order chi connectivity index (χ1) is 9.87. The summed E-state index contributed by atoms with van der Waals surface area (Å²) in [6.07, 6.45) is 1.39. The van der Waals surface area contributed by atoms with Gasteiger partial charge in [-0.15, -0.1) is 0 Å². The van der Waals surface area contributed by atoms with Crippen LogP contribution in [0.4, 0.5) is 0 Å². The van der Waals surface area contributed by atoms with Crippen LogP contribution >= 0.6 is 11.3 Å². The largest absolute Gasteiger partial charge is 0.455 e. The van der Waals surface area contributed by atoms with Crippen molar-refractivity contribution in [2.45, 2.75) is 39.7 Å². The molecule has 0 aliphatic carbocycles. The van der Waals surface area contributed by atoms with Gasteiger partial charge in [-0.05, 0) is 55.1 Å². The van der Waals surface area contributed by atoms with Crippen LogP contribution in [0.3, 0.4) is 0 Å². The van der Waals surface area contributed by atoms with Gasteiger partial charge in [0.1, 0.15) is 11.3 Å². The number of nitrogens with one attached hydrogen (secondary N) is 1. The van der Waals surface area contributed by atoms with Crippen LogP contribution in [-0.2, 0) is 11.2 Å². The molecule has 0 radical (unpaired) electrons. The Morgan fingerprint density at radius 3 is 2.62 bits per heavy atom. The second-order valence-corrected chi connectivity index (χ2v) is 6.53. The summed E-state index contributed by atoms with van der Waals surface area (Å²) < 4.78 is 5.41. The molecule has 112 valence electrons. The Kier molecular flexibility index (Phi) is 4.32. The van der Waals surface area contributed by atoms with Crippen molar-refractivity contribution in [1.82, 2.24) is 4.98 Å². The molecule has 2 aromatic heterocycles. The van der Waals surface area contributed by atoms with Crippen molar-refractivity contribution in [3.8, 4) is 11.1 Å². The van der Waals surface area contributed by atoms with Crippen molar-refractivity contribution >= 4 is 23.6 Å². The van der Waals surface area contributed by atoms with Gasteiger partial charge >= 0.3 is 5.97 Å². The summed E-state index contributed by atoms with van der Waals surface area (Å²) in [7, 11) is 0. The van der Waals surface area contributed by atoms with E-state index in [2.05, 4.69) is 4.98 Å². The number of aldehydes is 1. The zero-order valence-corrected chi connectivity index (χ0v) is 13.5. The molecule has 0 unspecified atom stereocenters. The molecule has 21 heavy (non-hydrogen) atoms. The number of aromatic nitrogens is 1. The minimum Gasteiger partial charge on any atom is -0.455 e. The van der Waals surface area contributed by atoms with E-state index in [0.717, 1.165) is 23.0 Å². The van der Waals surface area contributed by atoms with Crippen LogP contribution in [-0.4, -0.2) is 22.8 Å². The van der Waals surface area contributed by atoms with Gasteiger partial charge in [0.25, 0.3) is 0 Å². The summed E-state index contributed by atoms with van der Waals surface area (Å²) in [5.74, 6) is -0.427. The van der Waals surface area contributed by atoms with Gasteiger partial charge < -0.3 is 9.72 Å². The van der Waals surface area contributed by atoms with Gasteiger partial charge in [0, 0.05) is 5.56 Å². The Hall–Kier alpha value is -1.88. The maximum atomic E-state index is 12.3. The topological polar surface area (TPSA) is 59.2 Å². The van der Waals surface area contributed by atoms with E-state index in [4.69, 9.17) is 4.74 Å². The second-order valence-electron chi connectivity index (χ2n) is 5.75. The van der Waals surface area contributed by atoms with Gasteiger partial charge in [-0.1, -0.05) is 6.92 Å². The third-order valence-corrected chi connectivity index (χ3v) is 3.70. The predicted molar refractivity (Wildman–Crippen MR) is 84.0 cm³/mol. The van der Waals surface area contributed by atoms with Crippen molar-refractivity contribution in [3.05, 3.63) is 33.8 Å². The molecule has 0 saturated carbocycles. The molecule has 0 fully saturated rings. The smallest absolute Gasteiger partial charge is 0.355 e. The molecule has 5 heteroatoms. The van der Waals surface area contributed by atoms with Crippen molar-refractivity contribution in [2.24, 2.45) is 0 Å². The molecule has 4 nitrogen and oxygen atoms in total. The van der Waals surface area contributed by atoms with Gasteiger partial charge in [0.15, 0.2) is 6.29 Å². The zero-order chi connectivity index (χ0) is 15.6. The lowest BCUT2D eigenvalue weighted by Gasteiger charge is -2.19. The van der Waals surface area contributed by atoms with Crippen LogP contribution in [0, 0.1) is 0 Å². The highest BCUT2D eigenvalue weighted by Crippen LogP contribution is 2.32. The first kappa shape index (κ1) is 15.5. The minimum atomic E-state index is -0.572. The molecule has 0 saturated heterocycles. The van der Waals surface area contributed by atoms with Crippen LogP contribution < -0.4 is 0 Å². The number of rotatable bonds is 4. The molecule has 2 heterocycles. The Bertz CT molecular complexity index is 648. The zero-order valence-electron chi connectivity index (χ0n) is 12.6. The molecule has 0 aliphatic rings. The van der Waals surface area contributed by atoms with E-state index < -0.39 is 11.6 Å². The van der Waals surface area contributed by atoms with E-state index in [1.807, 2.05) is 44.5 Å². The number of H-pyrrole nitrogens is 1. The van der Waals surface area contributed by atoms with E-state index in [0.29, 0.717) is 17.8 Å². The number of aromatic amines is 1. The number of carbonyl (C=O) groups excluding carboxylic acids is 2. The molecular formula is C16H19NO3S. The summed E-state index contributed by atoms with van der Waals surface area (Å²) in [5, 5.41) is 3.91. The fourth-order valence-corrected chi connectivity index (χ4v) is 2.89. The van der Waals surface area contributed by atoms with Crippen molar-refractivity contribution < 1.29 is 14.3 Å². The van der Waals surface area contributed by atoms with Gasteiger partial charge in [-0.25, -0.2) is 4.79 Å². The molecule has 0 spiro atoms. The Labute approximate surface area is 128 Å². The molecule has 0 aliphatic heterocycles. The summed E-state index contributed by atoms with van der Waals surface area (Å²) in [4.78, 5) is 26.6. The van der Waals surface area contributed by atoms with Gasteiger partial charge in [0.2, 0.25) is 0 Å². The molecule has 2 aromatic rings. The lowest BCUT2D eigenvalue weighted by Crippen LogP contribution is -2.24. The summed E-state index contributed by atoms with van der Waals surface area (Å²) in [5.41, 5.74) is 2.79. The number of thiophene rings is 1. The first-order valence-electron chi connectivity index (χ1n) is 6.83. The van der Waals surface area contributed by atoms with Crippen LogP contribution in [0.15, 0.2) is 16.8 Å². The standard InChI is InChI=1S/C16H19NO3S/c1-5-11-13(10-6-7-21-9-10)12(8-18)17-14(11)15(19)20-16(2,3)4/h6-9,17H,5H2,1-4H3. The normalized spacial score (nSPS) is 11.4. The highest BCUT2D eigenvalue weighted by molar-refractivity contribution is 7.08. The summed E-state index contributed by atoms with van der Waals surface area (Å²) >= 11 is 1.55. The van der Waals surface area contributed by atoms with Crippen LogP contribution in [0.2, 0.25) is 0 Å². The summed E-state index contributed by atoms with van der Waals surface area (Å²) in [6.45, 7) is 7.42. The highest BCUT2D eigenvalue weighted by Gasteiger charge is 2.26. The van der Waals surface area contributed by atoms with E-state index in [1.54, 1.807) is 11.3 Å². The van der Waals surface area contributed by atoms with E-state index >= 15 is 0 Å². The Morgan fingerprint density at radius 2 is 2.14 bits per heavy atom. The molecule has 0 atom stereocenters. The third kappa shape index (κ3) is 3.24. The maximum Gasteiger partial charge on any atom is 0.355 e. The van der Waals surface area contributed by atoms with Crippen molar-refractivity contribution in [3.63, 3.8) is 0 Å². The number of esters is 1.